The highest BCUT2D eigenvalue weighted by Crippen LogP contribution is 2.31. The Balaban J connectivity index is 1.85. The maximum atomic E-state index is 12.5. The van der Waals surface area contributed by atoms with Gasteiger partial charge in [0, 0.05) is 6.00 Å². The van der Waals surface area contributed by atoms with E-state index in [1.54, 1.807) is 0 Å². The van der Waals surface area contributed by atoms with Gasteiger partial charge in [-0.3, -0.25) is 0 Å². The molecule has 1 heterocycles. The van der Waals surface area contributed by atoms with E-state index in [-0.39, 0.29) is 24.5 Å². The second-order valence-corrected chi connectivity index (χ2v) is 4.83. The van der Waals surface area contributed by atoms with Crippen molar-refractivity contribution in [2.45, 2.75) is 31.1 Å². The third kappa shape index (κ3) is 4.66. The summed E-state index contributed by atoms with van der Waals surface area (Å²) in [5.41, 5.74) is -0.888. The van der Waals surface area contributed by atoms with Crippen molar-refractivity contribution in [1.29, 1.82) is 0 Å². The quantitative estimate of drug-likeness (QED) is 0.488. The number of carbonyl (C=O) groups excluding carboxylic acids is 1. The molecule has 4 nitrogen and oxygen atoms in total. The molecule has 0 N–H and O–H groups in total. The van der Waals surface area contributed by atoms with Crippen LogP contribution in [0.25, 0.3) is 0 Å². The lowest BCUT2D eigenvalue weighted by molar-refractivity contribution is -0.137. The molecule has 1 fully saturated rings. The molecule has 8 heteroatoms. The Morgan fingerprint density at radius 1 is 1.38 bits per heavy atom. The fraction of sp³-hybridized carbons (Fsp3) is 0.462. The molecule has 114 valence electrons. The van der Waals surface area contributed by atoms with E-state index in [2.05, 4.69) is 0 Å². The number of alkyl halides is 3. The van der Waals surface area contributed by atoms with E-state index < -0.39 is 17.9 Å². The molecule has 2 atom stereocenters. The second-order valence-electron chi connectivity index (χ2n) is 4.83. The highest BCUT2D eigenvalue weighted by atomic mass is 19.4. The van der Waals surface area contributed by atoms with E-state index in [0.29, 0.717) is 0 Å². The molecule has 0 aromatic heterocycles. The Bertz CT molecular complexity index is 506. The Hall–Kier alpha value is -1.70. The maximum absolute atomic E-state index is 12.5. The minimum absolute atomic E-state index is 0.0299. The molecule has 0 aliphatic carbocycles. The van der Waals surface area contributed by atoms with E-state index in [1.807, 2.05) is 7.85 Å². The number of halogens is 3. The van der Waals surface area contributed by atoms with Crippen molar-refractivity contribution in [3.8, 4) is 5.75 Å². The molecule has 0 radical (unpaired) electrons. The van der Waals surface area contributed by atoms with Crippen molar-refractivity contribution in [3.63, 3.8) is 0 Å². The SMILES string of the molecule is B[C@H]1CC[C@@H](COC(=O)Oc2cccc(C(F)(F)F)c2)O1. The summed E-state index contributed by atoms with van der Waals surface area (Å²) >= 11 is 0. The molecule has 1 aliphatic heterocycles. The highest BCUT2D eigenvalue weighted by Gasteiger charge is 2.31. The third-order valence-corrected chi connectivity index (χ3v) is 3.07. The second kappa shape index (κ2) is 6.38. The van der Waals surface area contributed by atoms with Gasteiger partial charge in [0.2, 0.25) is 0 Å². The van der Waals surface area contributed by atoms with Crippen molar-refractivity contribution < 1.29 is 32.2 Å². The summed E-state index contributed by atoms with van der Waals surface area (Å²) in [6.07, 6.45) is -4.06. The molecule has 0 saturated carbocycles. The maximum Gasteiger partial charge on any atom is 0.513 e. The van der Waals surface area contributed by atoms with Crippen LogP contribution in [0, 0.1) is 0 Å². The lowest BCUT2D eigenvalue weighted by atomic mass is 9.97. The molecule has 0 amide bonds. The fourth-order valence-electron chi connectivity index (χ4n) is 2.03. The van der Waals surface area contributed by atoms with E-state index in [1.165, 1.54) is 6.07 Å². The van der Waals surface area contributed by atoms with Gasteiger partial charge in [-0.2, -0.15) is 13.2 Å². The lowest BCUT2D eigenvalue weighted by Gasteiger charge is -2.12. The monoisotopic (exact) mass is 302 g/mol. The first kappa shape index (κ1) is 15.7. The molecule has 2 rings (SSSR count). The van der Waals surface area contributed by atoms with Gasteiger partial charge in [-0.05, 0) is 31.0 Å². The first-order chi connectivity index (χ1) is 9.84. The van der Waals surface area contributed by atoms with Crippen molar-refractivity contribution in [2.75, 3.05) is 6.61 Å². The normalized spacial score (nSPS) is 22.0. The first-order valence-electron chi connectivity index (χ1n) is 6.52. The summed E-state index contributed by atoms with van der Waals surface area (Å²) in [5.74, 6) is -0.212. The smallest absolute Gasteiger partial charge is 0.431 e. The number of rotatable bonds is 3. The lowest BCUT2D eigenvalue weighted by Crippen LogP contribution is -2.21. The van der Waals surface area contributed by atoms with Crippen LogP contribution in [0.15, 0.2) is 24.3 Å². The summed E-state index contributed by atoms with van der Waals surface area (Å²) in [6.45, 7) is 0.0299. The molecular weight excluding hydrogens is 288 g/mol. The number of carbonyl (C=O) groups is 1. The zero-order valence-corrected chi connectivity index (χ0v) is 11.4. The van der Waals surface area contributed by atoms with Crippen LogP contribution in [-0.2, 0) is 15.7 Å². The van der Waals surface area contributed by atoms with Crippen molar-refractivity contribution >= 4 is 14.0 Å². The van der Waals surface area contributed by atoms with Gasteiger partial charge < -0.3 is 14.2 Å². The predicted octanol–water partition coefficient (Wildman–Crippen LogP) is 2.36. The molecular formula is C13H14BF3O4. The standard InChI is InChI=1S/C13H14BF3O4/c14-11-5-4-10(20-11)7-19-12(18)21-9-3-1-2-8(6-9)13(15,16)17/h1-3,6,10-11H,4-5,7,14H2/t10-,11+/m0/s1. The molecule has 21 heavy (non-hydrogen) atoms. The van der Waals surface area contributed by atoms with Gasteiger partial charge in [0.1, 0.15) is 20.2 Å². The Kier molecular flexibility index (Phi) is 4.77. The van der Waals surface area contributed by atoms with Crippen molar-refractivity contribution in [1.82, 2.24) is 0 Å². The largest absolute Gasteiger partial charge is 0.513 e. The van der Waals surface area contributed by atoms with Gasteiger partial charge in [0.05, 0.1) is 11.7 Å². The summed E-state index contributed by atoms with van der Waals surface area (Å²) in [7, 11) is 1.92. The van der Waals surface area contributed by atoms with Gasteiger partial charge in [-0.15, -0.1) is 0 Å². The third-order valence-electron chi connectivity index (χ3n) is 3.07. The number of hydrogen-bond donors (Lipinski definition) is 0. The Labute approximate surface area is 120 Å². The van der Waals surface area contributed by atoms with Gasteiger partial charge >= 0.3 is 12.3 Å². The van der Waals surface area contributed by atoms with Crippen LogP contribution in [-0.4, -0.2) is 32.7 Å². The van der Waals surface area contributed by atoms with E-state index in [9.17, 15) is 18.0 Å². The molecule has 1 saturated heterocycles. The Morgan fingerprint density at radius 3 is 2.76 bits per heavy atom. The van der Waals surface area contributed by atoms with Gasteiger partial charge in [0.15, 0.2) is 0 Å². The highest BCUT2D eigenvalue weighted by molar-refractivity contribution is 6.11. The first-order valence-corrected chi connectivity index (χ1v) is 6.52. The molecule has 1 aliphatic rings. The molecule has 0 unspecified atom stereocenters. The summed E-state index contributed by atoms with van der Waals surface area (Å²) in [5, 5.41) is 0. The van der Waals surface area contributed by atoms with E-state index in [0.717, 1.165) is 31.0 Å². The van der Waals surface area contributed by atoms with Crippen molar-refractivity contribution in [3.05, 3.63) is 29.8 Å². The van der Waals surface area contributed by atoms with Crippen LogP contribution in [0.5, 0.6) is 5.75 Å². The predicted molar refractivity (Wildman–Crippen MR) is 69.9 cm³/mol. The molecule has 0 spiro atoms. The average molecular weight is 302 g/mol. The fourth-order valence-corrected chi connectivity index (χ4v) is 2.03. The minimum Gasteiger partial charge on any atom is -0.431 e. The molecule has 1 aromatic rings. The van der Waals surface area contributed by atoms with Crippen LogP contribution in [0.1, 0.15) is 18.4 Å². The zero-order chi connectivity index (χ0) is 15.5. The van der Waals surface area contributed by atoms with Crippen LogP contribution >= 0.6 is 0 Å². The van der Waals surface area contributed by atoms with Crippen LogP contribution in [0.3, 0.4) is 0 Å². The summed E-state index contributed by atoms with van der Waals surface area (Å²) in [6, 6.07) is 4.18. The summed E-state index contributed by atoms with van der Waals surface area (Å²) in [4.78, 5) is 11.4. The van der Waals surface area contributed by atoms with Crippen LogP contribution in [0.4, 0.5) is 18.0 Å². The van der Waals surface area contributed by atoms with E-state index in [4.69, 9.17) is 14.2 Å². The average Bonchev–Trinajstić information content (AvgIpc) is 2.82. The number of benzene rings is 1. The molecule has 0 bridgehead atoms. The van der Waals surface area contributed by atoms with E-state index >= 15 is 0 Å². The Morgan fingerprint density at radius 2 is 2.14 bits per heavy atom. The van der Waals surface area contributed by atoms with Gasteiger partial charge in [-0.25, -0.2) is 4.79 Å². The molecule has 1 aromatic carbocycles. The topological polar surface area (TPSA) is 44.8 Å². The zero-order valence-electron chi connectivity index (χ0n) is 11.4. The van der Waals surface area contributed by atoms with Crippen LogP contribution < -0.4 is 4.74 Å². The number of ether oxygens (including phenoxy) is 3. The van der Waals surface area contributed by atoms with Crippen molar-refractivity contribution in [2.24, 2.45) is 0 Å². The van der Waals surface area contributed by atoms with Gasteiger partial charge in [0.25, 0.3) is 0 Å². The van der Waals surface area contributed by atoms with Gasteiger partial charge in [-0.1, -0.05) is 6.07 Å². The minimum atomic E-state index is -4.49. The summed E-state index contributed by atoms with van der Waals surface area (Å²) < 4.78 is 52.5. The van der Waals surface area contributed by atoms with Crippen LogP contribution in [0.2, 0.25) is 0 Å². The number of hydrogen-bond acceptors (Lipinski definition) is 4.